The van der Waals surface area contributed by atoms with Crippen LogP contribution >= 0.6 is 0 Å². The molecular weight excluding hydrogens is 310 g/mol. The van der Waals surface area contributed by atoms with E-state index in [4.69, 9.17) is 0 Å². The van der Waals surface area contributed by atoms with Gasteiger partial charge in [-0.3, -0.25) is 0 Å². The summed E-state index contributed by atoms with van der Waals surface area (Å²) in [6, 6.07) is 2.58. The number of piperidine rings is 1. The average Bonchev–Trinajstić information content (AvgIpc) is 2.48. The van der Waals surface area contributed by atoms with E-state index in [1.807, 2.05) is 0 Å². The summed E-state index contributed by atoms with van der Waals surface area (Å²) >= 11 is 0. The Hall–Kier alpha value is -1.05. The highest BCUT2D eigenvalue weighted by Crippen LogP contribution is 2.16. The van der Waals surface area contributed by atoms with Crippen LogP contribution in [0.3, 0.4) is 0 Å². The van der Waals surface area contributed by atoms with Crippen LogP contribution in [0.5, 0.6) is 0 Å². The van der Waals surface area contributed by atoms with Crippen LogP contribution in [0.4, 0.5) is 8.78 Å². The fraction of sp³-hybridized carbons (Fsp3) is 0.600. The Morgan fingerprint density at radius 1 is 1.23 bits per heavy atom. The summed E-state index contributed by atoms with van der Waals surface area (Å²) in [5, 5.41) is 0. The molecule has 1 heterocycles. The Labute approximate surface area is 130 Å². The van der Waals surface area contributed by atoms with E-state index < -0.39 is 21.7 Å². The molecule has 22 heavy (non-hydrogen) atoms. The molecule has 1 aliphatic rings. The predicted octanol–water partition coefficient (Wildman–Crippen LogP) is 2.37. The number of hydrogen-bond acceptors (Lipinski definition) is 3. The molecule has 1 saturated heterocycles. The number of halogens is 2. The van der Waals surface area contributed by atoms with E-state index in [0.29, 0.717) is 12.5 Å². The Morgan fingerprint density at radius 3 is 2.55 bits per heavy atom. The van der Waals surface area contributed by atoms with Gasteiger partial charge in [0, 0.05) is 6.54 Å². The maximum Gasteiger partial charge on any atom is 0.240 e. The Morgan fingerprint density at radius 2 is 1.91 bits per heavy atom. The Kier molecular flexibility index (Phi) is 5.88. The van der Waals surface area contributed by atoms with E-state index >= 15 is 0 Å². The third-order valence-electron chi connectivity index (χ3n) is 4.02. The highest BCUT2D eigenvalue weighted by atomic mass is 32.2. The first-order valence-electron chi connectivity index (χ1n) is 7.55. The summed E-state index contributed by atoms with van der Waals surface area (Å²) in [7, 11) is -3.79. The standard InChI is InChI=1S/C15H22F2N2O2S/c1-12-5-9-19(10-6-12)8-2-7-18-22(20,21)13-3-4-14(16)15(17)11-13/h3-4,11-12,18H,2,5-10H2,1H3. The average molecular weight is 332 g/mol. The number of nitrogens with one attached hydrogen (secondary N) is 1. The van der Waals surface area contributed by atoms with Crippen molar-refractivity contribution >= 4 is 10.0 Å². The molecule has 0 saturated carbocycles. The number of nitrogens with zero attached hydrogens (tertiary/aromatic N) is 1. The number of benzene rings is 1. The smallest absolute Gasteiger partial charge is 0.240 e. The summed E-state index contributed by atoms with van der Waals surface area (Å²) in [6.45, 7) is 5.47. The first-order valence-corrected chi connectivity index (χ1v) is 9.04. The van der Waals surface area contributed by atoms with Crippen molar-refractivity contribution < 1.29 is 17.2 Å². The van der Waals surface area contributed by atoms with Crippen molar-refractivity contribution in [2.45, 2.75) is 31.1 Å². The summed E-state index contributed by atoms with van der Waals surface area (Å²) in [5.74, 6) is -1.45. The van der Waals surface area contributed by atoms with Crippen molar-refractivity contribution in [3.63, 3.8) is 0 Å². The van der Waals surface area contributed by atoms with Crippen LogP contribution in [0.25, 0.3) is 0 Å². The lowest BCUT2D eigenvalue weighted by molar-refractivity contribution is 0.191. The van der Waals surface area contributed by atoms with Gasteiger partial charge in [0.05, 0.1) is 4.90 Å². The zero-order chi connectivity index (χ0) is 16.2. The second-order valence-electron chi connectivity index (χ2n) is 5.85. The van der Waals surface area contributed by atoms with Crippen LogP contribution in [0.2, 0.25) is 0 Å². The third-order valence-corrected chi connectivity index (χ3v) is 5.48. The van der Waals surface area contributed by atoms with Gasteiger partial charge in [-0.25, -0.2) is 21.9 Å². The molecule has 0 aromatic heterocycles. The monoisotopic (exact) mass is 332 g/mol. The lowest BCUT2D eigenvalue weighted by Crippen LogP contribution is -2.35. The van der Waals surface area contributed by atoms with E-state index in [-0.39, 0.29) is 11.4 Å². The molecule has 1 N–H and O–H groups in total. The van der Waals surface area contributed by atoms with Crippen LogP contribution in [0.1, 0.15) is 26.2 Å². The number of rotatable bonds is 6. The van der Waals surface area contributed by atoms with Gasteiger partial charge in [0.2, 0.25) is 10.0 Å². The van der Waals surface area contributed by atoms with Crippen molar-refractivity contribution in [1.82, 2.24) is 9.62 Å². The van der Waals surface area contributed by atoms with Gasteiger partial charge >= 0.3 is 0 Å². The molecule has 1 aliphatic heterocycles. The molecule has 0 aliphatic carbocycles. The zero-order valence-electron chi connectivity index (χ0n) is 12.7. The second-order valence-corrected chi connectivity index (χ2v) is 7.62. The highest BCUT2D eigenvalue weighted by molar-refractivity contribution is 7.89. The maximum atomic E-state index is 13.1. The van der Waals surface area contributed by atoms with Gasteiger partial charge in [0.15, 0.2) is 11.6 Å². The van der Waals surface area contributed by atoms with Crippen LogP contribution in [0, 0.1) is 17.6 Å². The molecule has 0 atom stereocenters. The van der Waals surface area contributed by atoms with E-state index in [2.05, 4.69) is 16.5 Å². The highest BCUT2D eigenvalue weighted by Gasteiger charge is 2.17. The van der Waals surface area contributed by atoms with Crippen molar-refractivity contribution in [2.75, 3.05) is 26.2 Å². The van der Waals surface area contributed by atoms with Crippen LogP contribution in [-0.4, -0.2) is 39.5 Å². The van der Waals surface area contributed by atoms with Crippen molar-refractivity contribution in [1.29, 1.82) is 0 Å². The summed E-state index contributed by atoms with van der Waals surface area (Å²) in [5.41, 5.74) is 0. The van der Waals surface area contributed by atoms with Gasteiger partial charge in [-0.2, -0.15) is 0 Å². The normalized spacial score (nSPS) is 17.8. The summed E-state index contributed by atoms with van der Waals surface area (Å²) in [4.78, 5) is 2.07. The fourth-order valence-electron chi connectivity index (χ4n) is 2.52. The maximum absolute atomic E-state index is 13.1. The summed E-state index contributed by atoms with van der Waals surface area (Å²) < 4.78 is 52.3. The van der Waals surface area contributed by atoms with Crippen molar-refractivity contribution in [3.05, 3.63) is 29.8 Å². The molecular formula is C15H22F2N2O2S. The Bertz CT molecular complexity index is 600. The Balaban J connectivity index is 1.79. The van der Waals surface area contributed by atoms with Crippen LogP contribution < -0.4 is 4.72 Å². The number of hydrogen-bond donors (Lipinski definition) is 1. The van der Waals surface area contributed by atoms with Crippen molar-refractivity contribution in [3.8, 4) is 0 Å². The van der Waals surface area contributed by atoms with E-state index in [1.165, 1.54) is 12.8 Å². The molecule has 0 spiro atoms. The molecule has 0 radical (unpaired) electrons. The molecule has 0 unspecified atom stereocenters. The van der Waals surface area contributed by atoms with Gasteiger partial charge in [-0.1, -0.05) is 6.92 Å². The van der Waals surface area contributed by atoms with Gasteiger partial charge < -0.3 is 4.90 Å². The SMILES string of the molecule is CC1CCN(CCCNS(=O)(=O)c2ccc(F)c(F)c2)CC1. The molecule has 1 fully saturated rings. The van der Waals surface area contributed by atoms with Gasteiger partial charge in [0.25, 0.3) is 0 Å². The molecule has 124 valence electrons. The van der Waals surface area contributed by atoms with E-state index in [9.17, 15) is 17.2 Å². The number of likely N-dealkylation sites (tertiary alicyclic amines) is 1. The molecule has 7 heteroatoms. The van der Waals surface area contributed by atoms with E-state index in [1.54, 1.807) is 0 Å². The number of sulfonamides is 1. The first kappa shape index (κ1) is 17.3. The lowest BCUT2D eigenvalue weighted by Gasteiger charge is -2.30. The molecule has 0 amide bonds. The van der Waals surface area contributed by atoms with Crippen LogP contribution in [-0.2, 0) is 10.0 Å². The third kappa shape index (κ3) is 4.72. The minimum atomic E-state index is -3.79. The second kappa shape index (κ2) is 7.48. The largest absolute Gasteiger partial charge is 0.303 e. The van der Waals surface area contributed by atoms with Gasteiger partial charge in [-0.15, -0.1) is 0 Å². The topological polar surface area (TPSA) is 49.4 Å². The molecule has 0 bridgehead atoms. The minimum Gasteiger partial charge on any atom is -0.303 e. The summed E-state index contributed by atoms with van der Waals surface area (Å²) in [6.07, 6.45) is 3.05. The minimum absolute atomic E-state index is 0.252. The molecule has 4 nitrogen and oxygen atoms in total. The van der Waals surface area contributed by atoms with Crippen molar-refractivity contribution in [2.24, 2.45) is 5.92 Å². The first-order chi connectivity index (χ1) is 10.4. The zero-order valence-corrected chi connectivity index (χ0v) is 13.5. The quantitative estimate of drug-likeness (QED) is 0.814. The predicted molar refractivity (Wildman–Crippen MR) is 81.0 cm³/mol. The van der Waals surface area contributed by atoms with Gasteiger partial charge in [0.1, 0.15) is 0 Å². The van der Waals surface area contributed by atoms with Crippen LogP contribution in [0.15, 0.2) is 23.1 Å². The molecule has 1 aromatic carbocycles. The van der Waals surface area contributed by atoms with E-state index in [0.717, 1.165) is 37.7 Å². The molecule has 1 aromatic rings. The van der Waals surface area contributed by atoms with Gasteiger partial charge in [-0.05, 0) is 63.0 Å². The lowest BCUT2D eigenvalue weighted by atomic mass is 9.99. The molecule has 2 rings (SSSR count). The fourth-order valence-corrected chi connectivity index (χ4v) is 3.61.